The number of nitrogens with one attached hydrogen (secondary N) is 1. The zero-order valence-electron chi connectivity index (χ0n) is 15.1. The summed E-state index contributed by atoms with van der Waals surface area (Å²) < 4.78 is 0. The van der Waals surface area contributed by atoms with E-state index < -0.39 is 0 Å². The lowest BCUT2D eigenvalue weighted by Crippen LogP contribution is -2.54. The van der Waals surface area contributed by atoms with Crippen molar-refractivity contribution in [2.24, 2.45) is 0 Å². The summed E-state index contributed by atoms with van der Waals surface area (Å²) in [6.07, 6.45) is 4.34. The number of H-pyrrole nitrogens is 1. The number of carbonyl (C=O) groups excluding carboxylic acids is 1. The Morgan fingerprint density at radius 2 is 2.00 bits per heavy atom. The van der Waals surface area contributed by atoms with Crippen molar-refractivity contribution in [3.8, 4) is 0 Å². The number of anilines is 1. The first-order valence-corrected chi connectivity index (χ1v) is 9.33. The van der Waals surface area contributed by atoms with Gasteiger partial charge < -0.3 is 9.80 Å². The quantitative estimate of drug-likeness (QED) is 0.916. The predicted molar refractivity (Wildman–Crippen MR) is 99.1 cm³/mol. The molecular weight excluding hydrogens is 312 g/mol. The fourth-order valence-electron chi connectivity index (χ4n) is 4.19. The summed E-state index contributed by atoms with van der Waals surface area (Å²) in [6, 6.07) is 8.65. The van der Waals surface area contributed by atoms with Gasteiger partial charge >= 0.3 is 0 Å². The lowest BCUT2D eigenvalue weighted by atomic mass is 9.95. The molecule has 1 fully saturated rings. The highest BCUT2D eigenvalue weighted by Crippen LogP contribution is 2.26. The Morgan fingerprint density at radius 1 is 1.20 bits per heavy atom. The van der Waals surface area contributed by atoms with Crippen LogP contribution in [0.2, 0.25) is 0 Å². The van der Waals surface area contributed by atoms with E-state index in [1.807, 2.05) is 4.90 Å². The highest BCUT2D eigenvalue weighted by molar-refractivity contribution is 5.94. The van der Waals surface area contributed by atoms with Gasteiger partial charge in [-0.25, -0.2) is 0 Å². The van der Waals surface area contributed by atoms with Gasteiger partial charge in [-0.3, -0.25) is 9.89 Å². The van der Waals surface area contributed by atoms with Crippen molar-refractivity contribution in [2.45, 2.75) is 45.6 Å². The molecule has 2 heterocycles. The molecule has 25 heavy (non-hydrogen) atoms. The number of rotatable bonds is 2. The van der Waals surface area contributed by atoms with Crippen LogP contribution in [0.15, 0.2) is 24.3 Å². The Hall–Kier alpha value is -2.30. The van der Waals surface area contributed by atoms with E-state index in [1.54, 1.807) is 0 Å². The minimum atomic E-state index is 0.0938. The second-order valence-electron chi connectivity index (χ2n) is 7.32. The lowest BCUT2D eigenvalue weighted by Gasteiger charge is -2.41. The molecule has 1 unspecified atom stereocenters. The van der Waals surface area contributed by atoms with Crippen LogP contribution in [0.25, 0.3) is 0 Å². The maximum absolute atomic E-state index is 13.1. The SMILES string of the molecule is Cc1ccccc1N1CCN(C(=O)c2n[nH]c3c2CCCC3)C(C)C1. The van der Waals surface area contributed by atoms with Crippen LogP contribution in [0.1, 0.15) is 47.1 Å². The average molecular weight is 338 g/mol. The maximum Gasteiger partial charge on any atom is 0.275 e. The molecule has 4 rings (SSSR count). The van der Waals surface area contributed by atoms with Crippen LogP contribution in [0.3, 0.4) is 0 Å². The summed E-state index contributed by atoms with van der Waals surface area (Å²) in [6.45, 7) is 6.77. The smallest absolute Gasteiger partial charge is 0.275 e. The number of amides is 1. The lowest BCUT2D eigenvalue weighted by molar-refractivity contribution is 0.0666. The van der Waals surface area contributed by atoms with Crippen LogP contribution in [0.4, 0.5) is 5.69 Å². The van der Waals surface area contributed by atoms with Gasteiger partial charge in [0.2, 0.25) is 0 Å². The molecule has 0 radical (unpaired) electrons. The van der Waals surface area contributed by atoms with Gasteiger partial charge in [-0.2, -0.15) is 5.10 Å². The van der Waals surface area contributed by atoms with Gasteiger partial charge in [0.1, 0.15) is 0 Å². The third-order valence-electron chi connectivity index (χ3n) is 5.60. The molecule has 1 aromatic carbocycles. The number of carbonyl (C=O) groups is 1. The van der Waals surface area contributed by atoms with Gasteiger partial charge in [0.25, 0.3) is 5.91 Å². The minimum absolute atomic E-state index is 0.0938. The minimum Gasteiger partial charge on any atom is -0.367 e. The van der Waals surface area contributed by atoms with Crippen molar-refractivity contribution in [1.82, 2.24) is 15.1 Å². The predicted octanol–water partition coefficient (Wildman–Crippen LogP) is 2.95. The molecule has 0 bridgehead atoms. The molecule has 1 aliphatic heterocycles. The van der Waals surface area contributed by atoms with Crippen LogP contribution in [0.5, 0.6) is 0 Å². The summed E-state index contributed by atoms with van der Waals surface area (Å²) in [5.41, 5.74) is 5.55. The Morgan fingerprint density at radius 3 is 2.80 bits per heavy atom. The highest BCUT2D eigenvalue weighted by Gasteiger charge is 2.32. The Balaban J connectivity index is 1.51. The number of piperazine rings is 1. The molecule has 1 aliphatic carbocycles. The van der Waals surface area contributed by atoms with E-state index in [0.29, 0.717) is 5.69 Å². The third kappa shape index (κ3) is 2.92. The monoisotopic (exact) mass is 338 g/mol. The van der Waals surface area contributed by atoms with Crippen molar-refractivity contribution in [1.29, 1.82) is 0 Å². The molecule has 1 saturated heterocycles. The van der Waals surface area contributed by atoms with Crippen molar-refractivity contribution >= 4 is 11.6 Å². The number of nitrogens with zero attached hydrogens (tertiary/aromatic N) is 3. The summed E-state index contributed by atoms with van der Waals surface area (Å²) in [7, 11) is 0. The molecule has 1 aromatic heterocycles. The second-order valence-corrected chi connectivity index (χ2v) is 7.32. The van der Waals surface area contributed by atoms with Gasteiger partial charge in [-0.15, -0.1) is 0 Å². The first-order valence-electron chi connectivity index (χ1n) is 9.33. The molecule has 1 atom stereocenters. The first kappa shape index (κ1) is 16.2. The number of aryl methyl sites for hydroxylation is 2. The average Bonchev–Trinajstić information content (AvgIpc) is 3.05. The molecular formula is C20H26N4O. The summed E-state index contributed by atoms with van der Waals surface area (Å²) in [5.74, 6) is 0.0938. The van der Waals surface area contributed by atoms with Crippen LogP contribution >= 0.6 is 0 Å². The first-order chi connectivity index (χ1) is 12.1. The summed E-state index contributed by atoms with van der Waals surface area (Å²) in [5, 5.41) is 7.46. The normalized spacial score (nSPS) is 20.5. The zero-order chi connectivity index (χ0) is 17.4. The summed E-state index contributed by atoms with van der Waals surface area (Å²) in [4.78, 5) is 17.5. The Kier molecular flexibility index (Phi) is 4.24. The van der Waals surface area contributed by atoms with E-state index in [1.165, 1.54) is 23.4 Å². The number of hydrogen-bond donors (Lipinski definition) is 1. The molecule has 0 spiro atoms. The number of benzene rings is 1. The number of aromatic amines is 1. The summed E-state index contributed by atoms with van der Waals surface area (Å²) >= 11 is 0. The molecule has 5 nitrogen and oxygen atoms in total. The molecule has 5 heteroatoms. The van der Waals surface area contributed by atoms with E-state index >= 15 is 0 Å². The topological polar surface area (TPSA) is 52.2 Å². The zero-order valence-corrected chi connectivity index (χ0v) is 15.1. The number of para-hydroxylation sites is 1. The van der Waals surface area contributed by atoms with Crippen molar-refractivity contribution in [3.63, 3.8) is 0 Å². The van der Waals surface area contributed by atoms with Gasteiger partial charge in [0, 0.05) is 42.6 Å². The second kappa shape index (κ2) is 6.54. The standard InChI is InChI=1S/C20H26N4O/c1-14-7-3-6-10-18(14)23-11-12-24(15(2)13-23)20(25)19-16-8-4-5-9-17(16)21-22-19/h3,6-7,10,15H,4-5,8-9,11-13H2,1-2H3,(H,21,22). The van der Waals surface area contributed by atoms with E-state index in [2.05, 4.69) is 53.2 Å². The molecule has 2 aromatic rings. The largest absolute Gasteiger partial charge is 0.367 e. The fourth-order valence-corrected chi connectivity index (χ4v) is 4.19. The van der Waals surface area contributed by atoms with Crippen molar-refractivity contribution < 1.29 is 4.79 Å². The maximum atomic E-state index is 13.1. The van der Waals surface area contributed by atoms with Crippen LogP contribution in [-0.4, -0.2) is 46.7 Å². The van der Waals surface area contributed by atoms with Crippen LogP contribution < -0.4 is 4.90 Å². The number of hydrogen-bond acceptors (Lipinski definition) is 3. The molecule has 0 saturated carbocycles. The molecule has 1 N–H and O–H groups in total. The van der Waals surface area contributed by atoms with Crippen LogP contribution in [0, 0.1) is 6.92 Å². The van der Waals surface area contributed by atoms with E-state index in [4.69, 9.17) is 0 Å². The van der Waals surface area contributed by atoms with E-state index in [0.717, 1.165) is 44.5 Å². The Bertz CT molecular complexity index is 782. The van der Waals surface area contributed by atoms with Crippen LogP contribution in [-0.2, 0) is 12.8 Å². The van der Waals surface area contributed by atoms with E-state index in [9.17, 15) is 4.79 Å². The van der Waals surface area contributed by atoms with Crippen molar-refractivity contribution in [3.05, 3.63) is 46.8 Å². The van der Waals surface area contributed by atoms with E-state index in [-0.39, 0.29) is 11.9 Å². The van der Waals surface area contributed by atoms with Gasteiger partial charge in [-0.1, -0.05) is 18.2 Å². The van der Waals surface area contributed by atoms with Gasteiger partial charge in [0.05, 0.1) is 0 Å². The van der Waals surface area contributed by atoms with Crippen molar-refractivity contribution in [2.75, 3.05) is 24.5 Å². The Labute approximate surface area is 149 Å². The number of fused-ring (bicyclic) bond motifs is 1. The number of aromatic nitrogens is 2. The van der Waals surface area contributed by atoms with Gasteiger partial charge in [-0.05, 0) is 51.2 Å². The third-order valence-corrected chi connectivity index (χ3v) is 5.60. The molecule has 2 aliphatic rings. The fraction of sp³-hybridized carbons (Fsp3) is 0.500. The highest BCUT2D eigenvalue weighted by atomic mass is 16.2. The van der Waals surface area contributed by atoms with Gasteiger partial charge in [0.15, 0.2) is 5.69 Å². The molecule has 1 amide bonds. The molecule has 132 valence electrons.